The Bertz CT molecular complexity index is 424. The number of carbonyl (C=O) groups is 1. The average molecular weight is 290 g/mol. The van der Waals surface area contributed by atoms with Crippen molar-refractivity contribution >= 4 is 29.1 Å². The molecule has 1 aromatic rings. The number of hydrogen-bond donors (Lipinski definition) is 1. The number of pyridine rings is 1. The number of nitrogens with two attached hydrogens (primary N) is 1. The van der Waals surface area contributed by atoms with Crippen LogP contribution in [-0.4, -0.2) is 28.9 Å². The summed E-state index contributed by atoms with van der Waals surface area (Å²) in [7, 11) is 0. The van der Waals surface area contributed by atoms with Gasteiger partial charge in [-0.3, -0.25) is 9.69 Å². The lowest BCUT2D eigenvalue weighted by molar-refractivity contribution is -0.119. The van der Waals surface area contributed by atoms with E-state index in [4.69, 9.17) is 28.9 Å². The van der Waals surface area contributed by atoms with Crippen LogP contribution in [0.25, 0.3) is 0 Å². The van der Waals surface area contributed by atoms with Gasteiger partial charge in [0.05, 0.1) is 17.3 Å². The van der Waals surface area contributed by atoms with E-state index in [0.717, 1.165) is 6.54 Å². The van der Waals surface area contributed by atoms with Gasteiger partial charge in [0, 0.05) is 13.1 Å². The molecule has 0 aliphatic rings. The zero-order valence-corrected chi connectivity index (χ0v) is 12.0. The summed E-state index contributed by atoms with van der Waals surface area (Å²) in [6.45, 7) is 5.53. The third-order valence-corrected chi connectivity index (χ3v) is 2.82. The van der Waals surface area contributed by atoms with Gasteiger partial charge >= 0.3 is 0 Å². The Morgan fingerprint density at radius 1 is 1.44 bits per heavy atom. The van der Waals surface area contributed by atoms with E-state index < -0.39 is 0 Å². The molecule has 0 spiro atoms. The molecule has 0 aliphatic carbocycles. The molecule has 0 saturated carbocycles. The van der Waals surface area contributed by atoms with Gasteiger partial charge in [0.15, 0.2) is 0 Å². The van der Waals surface area contributed by atoms with Crippen molar-refractivity contribution in [3.63, 3.8) is 0 Å². The largest absolute Gasteiger partial charge is 0.369 e. The second-order valence-electron chi connectivity index (χ2n) is 4.59. The van der Waals surface area contributed by atoms with Gasteiger partial charge in [-0.2, -0.15) is 0 Å². The lowest BCUT2D eigenvalue weighted by Crippen LogP contribution is -2.36. The minimum atomic E-state index is -0.367. The molecule has 6 heteroatoms. The summed E-state index contributed by atoms with van der Waals surface area (Å²) in [5.74, 6) is 0.0520. The van der Waals surface area contributed by atoms with Crippen LogP contribution in [0.4, 0.5) is 0 Å². The predicted molar refractivity (Wildman–Crippen MR) is 73.6 cm³/mol. The fourth-order valence-corrected chi connectivity index (χ4v) is 2.03. The molecule has 0 fully saturated rings. The Morgan fingerprint density at radius 2 is 2.11 bits per heavy atom. The molecule has 0 aromatic carbocycles. The van der Waals surface area contributed by atoms with Crippen molar-refractivity contribution in [3.8, 4) is 0 Å². The van der Waals surface area contributed by atoms with E-state index in [-0.39, 0.29) is 12.5 Å². The highest BCUT2D eigenvalue weighted by Gasteiger charge is 2.14. The first-order valence-electron chi connectivity index (χ1n) is 5.70. The Labute approximate surface area is 117 Å². The monoisotopic (exact) mass is 289 g/mol. The van der Waals surface area contributed by atoms with Crippen LogP contribution in [0, 0.1) is 5.92 Å². The highest BCUT2D eigenvalue weighted by atomic mass is 35.5. The molecule has 0 atom stereocenters. The summed E-state index contributed by atoms with van der Waals surface area (Å²) in [6.07, 6.45) is 0. The van der Waals surface area contributed by atoms with Crippen LogP contribution < -0.4 is 5.73 Å². The summed E-state index contributed by atoms with van der Waals surface area (Å²) in [4.78, 5) is 17.1. The molecule has 1 amide bonds. The molecule has 0 saturated heterocycles. The zero-order chi connectivity index (χ0) is 13.7. The van der Waals surface area contributed by atoms with E-state index >= 15 is 0 Å². The Kier molecular flexibility index (Phi) is 5.85. The molecule has 4 nitrogen and oxygen atoms in total. The smallest absolute Gasteiger partial charge is 0.231 e. The van der Waals surface area contributed by atoms with Gasteiger partial charge in [-0.05, 0) is 18.1 Å². The number of carbonyl (C=O) groups excluding carboxylic acids is 1. The Hall–Kier alpha value is -0.840. The molecule has 100 valence electrons. The first-order valence-corrected chi connectivity index (χ1v) is 6.45. The van der Waals surface area contributed by atoms with Crippen LogP contribution >= 0.6 is 23.2 Å². The maximum absolute atomic E-state index is 11.0. The fourth-order valence-electron chi connectivity index (χ4n) is 1.70. The third-order valence-electron chi connectivity index (χ3n) is 2.26. The van der Waals surface area contributed by atoms with Gasteiger partial charge in [0.1, 0.15) is 5.15 Å². The molecule has 0 aliphatic heterocycles. The fraction of sp³-hybridized carbons (Fsp3) is 0.500. The van der Waals surface area contributed by atoms with Crippen LogP contribution in [-0.2, 0) is 11.3 Å². The standard InChI is InChI=1S/C12H17Cl2N3O/c1-8(2)5-17(7-12(15)18)6-10-9(13)3-4-11(14)16-10/h3-4,8H,5-7H2,1-2H3,(H2,15,18). The molecular weight excluding hydrogens is 273 g/mol. The normalized spacial score (nSPS) is 11.2. The lowest BCUT2D eigenvalue weighted by atomic mass is 10.2. The van der Waals surface area contributed by atoms with E-state index in [0.29, 0.717) is 28.3 Å². The predicted octanol–water partition coefficient (Wildman–Crippen LogP) is 2.33. The van der Waals surface area contributed by atoms with E-state index in [1.165, 1.54) is 0 Å². The summed E-state index contributed by atoms with van der Waals surface area (Å²) >= 11 is 11.9. The lowest BCUT2D eigenvalue weighted by Gasteiger charge is -2.22. The topological polar surface area (TPSA) is 59.2 Å². The third kappa shape index (κ3) is 5.21. The molecule has 0 unspecified atom stereocenters. The second-order valence-corrected chi connectivity index (χ2v) is 5.39. The highest BCUT2D eigenvalue weighted by molar-refractivity contribution is 6.32. The van der Waals surface area contributed by atoms with Crippen LogP contribution in [0.3, 0.4) is 0 Å². The first-order chi connectivity index (χ1) is 8.38. The van der Waals surface area contributed by atoms with Crippen molar-refractivity contribution in [2.24, 2.45) is 11.7 Å². The molecule has 2 N–H and O–H groups in total. The molecule has 0 bridgehead atoms. The minimum absolute atomic E-state index is 0.183. The van der Waals surface area contributed by atoms with E-state index in [9.17, 15) is 4.79 Å². The quantitative estimate of drug-likeness (QED) is 0.818. The number of aromatic nitrogens is 1. The highest BCUT2D eigenvalue weighted by Crippen LogP contribution is 2.18. The van der Waals surface area contributed by atoms with Crippen LogP contribution in [0.5, 0.6) is 0 Å². The number of halogens is 2. The average Bonchev–Trinajstić information content (AvgIpc) is 2.21. The van der Waals surface area contributed by atoms with Gasteiger partial charge in [0.2, 0.25) is 5.91 Å². The van der Waals surface area contributed by atoms with Crippen molar-refractivity contribution in [1.29, 1.82) is 0 Å². The van der Waals surface area contributed by atoms with E-state index in [1.807, 2.05) is 4.90 Å². The summed E-state index contributed by atoms with van der Waals surface area (Å²) in [5.41, 5.74) is 5.89. The minimum Gasteiger partial charge on any atom is -0.369 e. The van der Waals surface area contributed by atoms with Crippen molar-refractivity contribution < 1.29 is 4.79 Å². The van der Waals surface area contributed by atoms with Gasteiger partial charge < -0.3 is 5.73 Å². The molecule has 0 radical (unpaired) electrons. The summed E-state index contributed by atoms with van der Waals surface area (Å²) in [6, 6.07) is 3.33. The number of amides is 1. The summed E-state index contributed by atoms with van der Waals surface area (Å²) in [5, 5.41) is 0.926. The first kappa shape index (κ1) is 15.2. The maximum atomic E-state index is 11.0. The maximum Gasteiger partial charge on any atom is 0.231 e. The van der Waals surface area contributed by atoms with Crippen molar-refractivity contribution in [3.05, 3.63) is 28.0 Å². The van der Waals surface area contributed by atoms with Gasteiger partial charge in [-0.15, -0.1) is 0 Å². The number of rotatable bonds is 6. The molecule has 18 heavy (non-hydrogen) atoms. The van der Waals surface area contributed by atoms with Gasteiger partial charge in [0.25, 0.3) is 0 Å². The Balaban J connectivity index is 2.81. The number of hydrogen-bond acceptors (Lipinski definition) is 3. The SMILES string of the molecule is CC(C)CN(CC(N)=O)Cc1nc(Cl)ccc1Cl. The molecular formula is C12H17Cl2N3O. The van der Waals surface area contributed by atoms with Crippen molar-refractivity contribution in [2.45, 2.75) is 20.4 Å². The van der Waals surface area contributed by atoms with Gasteiger partial charge in [-0.25, -0.2) is 4.98 Å². The molecule has 1 aromatic heterocycles. The van der Waals surface area contributed by atoms with E-state index in [2.05, 4.69) is 18.8 Å². The van der Waals surface area contributed by atoms with Crippen molar-refractivity contribution in [2.75, 3.05) is 13.1 Å². The van der Waals surface area contributed by atoms with Crippen LogP contribution in [0.15, 0.2) is 12.1 Å². The van der Waals surface area contributed by atoms with Crippen LogP contribution in [0.1, 0.15) is 19.5 Å². The second kappa shape index (κ2) is 6.92. The van der Waals surface area contributed by atoms with Crippen LogP contribution in [0.2, 0.25) is 10.2 Å². The summed E-state index contributed by atoms with van der Waals surface area (Å²) < 4.78 is 0. The van der Waals surface area contributed by atoms with Gasteiger partial charge in [-0.1, -0.05) is 37.0 Å². The zero-order valence-electron chi connectivity index (χ0n) is 10.5. The van der Waals surface area contributed by atoms with Crippen molar-refractivity contribution in [1.82, 2.24) is 9.88 Å². The molecule has 1 heterocycles. The Morgan fingerprint density at radius 3 is 2.67 bits per heavy atom. The molecule has 1 rings (SSSR count). The van der Waals surface area contributed by atoms with E-state index in [1.54, 1.807) is 12.1 Å². The number of nitrogens with zero attached hydrogens (tertiary/aromatic N) is 2. The number of primary amides is 1.